The summed E-state index contributed by atoms with van der Waals surface area (Å²) < 4.78 is 1.16. The number of likely N-dealkylation sites (N-methyl/N-ethyl adjacent to an activating group) is 1. The summed E-state index contributed by atoms with van der Waals surface area (Å²) in [5.41, 5.74) is 1.43. The molecule has 1 N–H and O–H groups in total. The van der Waals surface area contributed by atoms with Gasteiger partial charge in [0.25, 0.3) is 0 Å². The molecule has 1 fully saturated rings. The maximum absolute atomic E-state index is 3.65. The summed E-state index contributed by atoms with van der Waals surface area (Å²) in [7, 11) is 0. The summed E-state index contributed by atoms with van der Waals surface area (Å²) in [5.74, 6) is 1.24. The van der Waals surface area contributed by atoms with Crippen molar-refractivity contribution in [1.29, 1.82) is 0 Å². The van der Waals surface area contributed by atoms with Crippen LogP contribution < -0.4 is 5.32 Å². The van der Waals surface area contributed by atoms with Gasteiger partial charge >= 0.3 is 0 Å². The average molecular weight is 356 g/mol. The lowest BCUT2D eigenvalue weighted by atomic mass is 10.0. The predicted octanol–water partition coefficient (Wildman–Crippen LogP) is 5.04. The van der Waals surface area contributed by atoms with Crippen molar-refractivity contribution >= 4 is 27.7 Å². The van der Waals surface area contributed by atoms with Gasteiger partial charge in [0.1, 0.15) is 0 Å². The van der Waals surface area contributed by atoms with Crippen LogP contribution in [0.15, 0.2) is 28.7 Å². The molecule has 0 amide bonds. The normalized spacial score (nSPS) is 18.1. The number of hydrogen-bond donors (Lipinski definition) is 1. The Morgan fingerprint density at radius 3 is 2.55 bits per heavy atom. The minimum atomic E-state index is 0.605. The molecule has 0 radical (unpaired) electrons. The van der Waals surface area contributed by atoms with E-state index in [9.17, 15) is 0 Å². The molecule has 1 atom stereocenters. The number of rotatable bonds is 7. The zero-order valence-corrected chi connectivity index (χ0v) is 14.8. The summed E-state index contributed by atoms with van der Waals surface area (Å²) in [4.78, 5) is 0. The average Bonchev–Trinajstić information content (AvgIpc) is 2.48. The first-order chi connectivity index (χ1) is 9.78. The molecule has 1 nitrogen and oxygen atoms in total. The second kappa shape index (κ2) is 9.11. The van der Waals surface area contributed by atoms with Gasteiger partial charge in [0.05, 0.1) is 0 Å². The van der Waals surface area contributed by atoms with Crippen LogP contribution in [-0.2, 0) is 6.42 Å². The molecule has 3 heteroatoms. The molecular formula is C17H26BrNS. The summed E-state index contributed by atoms with van der Waals surface area (Å²) in [6.07, 6.45) is 8.34. The largest absolute Gasteiger partial charge is 0.313 e. The quantitative estimate of drug-likeness (QED) is 0.735. The van der Waals surface area contributed by atoms with Crippen LogP contribution in [0.5, 0.6) is 0 Å². The summed E-state index contributed by atoms with van der Waals surface area (Å²) in [6.45, 7) is 3.27. The second-order valence-corrected chi connectivity index (χ2v) is 7.93. The van der Waals surface area contributed by atoms with E-state index in [-0.39, 0.29) is 0 Å². The topological polar surface area (TPSA) is 12.0 Å². The Balaban J connectivity index is 1.81. The molecule has 1 aliphatic rings. The molecule has 1 aliphatic carbocycles. The summed E-state index contributed by atoms with van der Waals surface area (Å²) in [5, 5.41) is 4.56. The number of halogens is 1. The highest BCUT2D eigenvalue weighted by atomic mass is 79.9. The fourth-order valence-electron chi connectivity index (χ4n) is 2.87. The van der Waals surface area contributed by atoms with E-state index in [1.807, 2.05) is 0 Å². The molecule has 112 valence electrons. The molecule has 0 aromatic heterocycles. The Morgan fingerprint density at radius 2 is 1.90 bits per heavy atom. The van der Waals surface area contributed by atoms with Crippen LogP contribution in [-0.4, -0.2) is 23.6 Å². The molecule has 1 unspecified atom stereocenters. The Labute approximate surface area is 136 Å². The van der Waals surface area contributed by atoms with Crippen LogP contribution in [0.1, 0.15) is 44.6 Å². The van der Waals surface area contributed by atoms with Gasteiger partial charge in [-0.2, -0.15) is 11.8 Å². The molecule has 1 aromatic rings. The van der Waals surface area contributed by atoms with Gasteiger partial charge in [-0.3, -0.25) is 0 Å². The highest BCUT2D eigenvalue weighted by Gasteiger charge is 2.16. The van der Waals surface area contributed by atoms with Crippen molar-refractivity contribution in [2.75, 3.05) is 12.3 Å². The van der Waals surface area contributed by atoms with E-state index < -0.39 is 0 Å². The molecule has 0 heterocycles. The van der Waals surface area contributed by atoms with E-state index in [0.717, 1.165) is 22.7 Å². The van der Waals surface area contributed by atoms with Crippen molar-refractivity contribution < 1.29 is 0 Å². The molecule has 0 spiro atoms. The number of benzene rings is 1. The first kappa shape index (κ1) is 16.4. The molecule has 2 rings (SSSR count). The van der Waals surface area contributed by atoms with E-state index in [1.54, 1.807) is 0 Å². The lowest BCUT2D eigenvalue weighted by Gasteiger charge is -2.24. The lowest BCUT2D eigenvalue weighted by molar-refractivity contribution is 0.513. The Bertz CT molecular complexity index is 373. The Kier molecular flexibility index (Phi) is 7.47. The van der Waals surface area contributed by atoms with E-state index in [0.29, 0.717) is 6.04 Å². The maximum atomic E-state index is 3.65. The van der Waals surface area contributed by atoms with Crippen molar-refractivity contribution in [2.24, 2.45) is 0 Å². The second-order valence-electron chi connectivity index (χ2n) is 5.68. The van der Waals surface area contributed by atoms with Crippen LogP contribution in [0, 0.1) is 0 Å². The third-order valence-electron chi connectivity index (χ3n) is 3.97. The third kappa shape index (κ3) is 5.79. The van der Waals surface area contributed by atoms with Crippen LogP contribution in [0.2, 0.25) is 0 Å². The predicted molar refractivity (Wildman–Crippen MR) is 94.6 cm³/mol. The Morgan fingerprint density at radius 1 is 1.20 bits per heavy atom. The van der Waals surface area contributed by atoms with Gasteiger partial charge in [0.15, 0.2) is 0 Å². The van der Waals surface area contributed by atoms with Gasteiger partial charge in [0, 0.05) is 21.5 Å². The zero-order valence-electron chi connectivity index (χ0n) is 12.4. The van der Waals surface area contributed by atoms with Gasteiger partial charge in [-0.1, -0.05) is 54.2 Å². The summed E-state index contributed by atoms with van der Waals surface area (Å²) in [6, 6.07) is 9.37. The molecular weight excluding hydrogens is 330 g/mol. The minimum Gasteiger partial charge on any atom is -0.313 e. The minimum absolute atomic E-state index is 0.605. The molecule has 0 saturated heterocycles. The number of nitrogens with one attached hydrogen (secondary N) is 1. The molecule has 1 aromatic carbocycles. The van der Waals surface area contributed by atoms with Crippen LogP contribution in [0.25, 0.3) is 0 Å². The number of hydrogen-bond acceptors (Lipinski definition) is 2. The van der Waals surface area contributed by atoms with Gasteiger partial charge in [-0.05, 0) is 43.5 Å². The standard InChI is InChI=1S/C17H26BrNS/c1-2-19-16(12-14-8-10-15(18)11-9-14)13-20-17-6-4-3-5-7-17/h8-11,16-17,19H,2-7,12-13H2,1H3. The van der Waals surface area contributed by atoms with E-state index >= 15 is 0 Å². The maximum Gasteiger partial charge on any atom is 0.0198 e. The number of thioether (sulfide) groups is 1. The van der Waals surface area contributed by atoms with Crippen molar-refractivity contribution in [3.05, 3.63) is 34.3 Å². The smallest absolute Gasteiger partial charge is 0.0198 e. The van der Waals surface area contributed by atoms with Crippen molar-refractivity contribution in [1.82, 2.24) is 5.32 Å². The van der Waals surface area contributed by atoms with Crippen LogP contribution in [0.4, 0.5) is 0 Å². The van der Waals surface area contributed by atoms with E-state index in [1.165, 1.54) is 43.4 Å². The molecule has 20 heavy (non-hydrogen) atoms. The van der Waals surface area contributed by atoms with Gasteiger partial charge in [-0.15, -0.1) is 0 Å². The summed E-state index contributed by atoms with van der Waals surface area (Å²) >= 11 is 5.70. The fraction of sp³-hybridized carbons (Fsp3) is 0.647. The van der Waals surface area contributed by atoms with E-state index in [2.05, 4.69) is 64.2 Å². The molecule has 1 saturated carbocycles. The van der Waals surface area contributed by atoms with Crippen LogP contribution >= 0.6 is 27.7 Å². The highest BCUT2D eigenvalue weighted by Crippen LogP contribution is 2.29. The van der Waals surface area contributed by atoms with Crippen molar-refractivity contribution in [3.63, 3.8) is 0 Å². The first-order valence-electron chi connectivity index (χ1n) is 7.87. The fourth-order valence-corrected chi connectivity index (χ4v) is 4.54. The van der Waals surface area contributed by atoms with Crippen molar-refractivity contribution in [3.8, 4) is 0 Å². The monoisotopic (exact) mass is 355 g/mol. The van der Waals surface area contributed by atoms with E-state index in [4.69, 9.17) is 0 Å². The SMILES string of the molecule is CCNC(CSC1CCCCC1)Cc1ccc(Br)cc1. The van der Waals surface area contributed by atoms with Crippen LogP contribution in [0.3, 0.4) is 0 Å². The van der Waals surface area contributed by atoms with Gasteiger partial charge in [0.2, 0.25) is 0 Å². The first-order valence-corrected chi connectivity index (χ1v) is 9.71. The lowest BCUT2D eigenvalue weighted by Crippen LogP contribution is -2.34. The van der Waals surface area contributed by atoms with Gasteiger partial charge < -0.3 is 5.32 Å². The molecule has 0 bridgehead atoms. The Hall–Kier alpha value is 0.01000. The zero-order chi connectivity index (χ0) is 14.2. The van der Waals surface area contributed by atoms with Crippen molar-refractivity contribution in [2.45, 2.75) is 56.7 Å². The third-order valence-corrected chi connectivity index (χ3v) is 6.04. The van der Waals surface area contributed by atoms with Gasteiger partial charge in [-0.25, -0.2) is 0 Å². The molecule has 0 aliphatic heterocycles. The highest BCUT2D eigenvalue weighted by molar-refractivity contribution is 9.10.